The first kappa shape index (κ1) is 22.9. The van der Waals surface area contributed by atoms with E-state index < -0.39 is 5.97 Å². The molecule has 0 unspecified atom stereocenters. The van der Waals surface area contributed by atoms with Crippen molar-refractivity contribution in [2.75, 3.05) is 0 Å². The lowest BCUT2D eigenvalue weighted by atomic mass is 9.87. The van der Waals surface area contributed by atoms with Gasteiger partial charge in [0.25, 0.3) is 0 Å². The van der Waals surface area contributed by atoms with Crippen LogP contribution in [-0.2, 0) is 24.7 Å². The monoisotopic (exact) mass is 454 g/mol. The number of hydrogen-bond acceptors (Lipinski definition) is 8. The second-order valence-electron chi connectivity index (χ2n) is 8.60. The van der Waals surface area contributed by atoms with E-state index in [1.807, 2.05) is 26.1 Å². The van der Waals surface area contributed by atoms with E-state index >= 15 is 0 Å². The molecule has 3 aromatic rings. The zero-order chi connectivity index (χ0) is 23.4. The zero-order valence-electron chi connectivity index (χ0n) is 19.3. The van der Waals surface area contributed by atoms with Crippen molar-refractivity contribution in [3.63, 3.8) is 0 Å². The Labute approximate surface area is 192 Å². The van der Waals surface area contributed by atoms with Crippen LogP contribution in [-0.4, -0.2) is 47.4 Å². The van der Waals surface area contributed by atoms with Gasteiger partial charge in [-0.15, -0.1) is 15.3 Å². The molecule has 1 fully saturated rings. The van der Waals surface area contributed by atoms with E-state index in [0.29, 0.717) is 48.2 Å². The lowest BCUT2D eigenvalue weighted by molar-refractivity contribution is -0.143. The quantitative estimate of drug-likeness (QED) is 0.516. The summed E-state index contributed by atoms with van der Waals surface area (Å²) in [6, 6.07) is 3.73. The molecule has 176 valence electrons. The third-order valence-electron chi connectivity index (χ3n) is 6.06. The lowest BCUT2D eigenvalue weighted by Crippen LogP contribution is -2.29. The number of carbonyl (C=O) groups is 1. The first-order valence-electron chi connectivity index (χ1n) is 11.5. The Balaban J connectivity index is 1.49. The molecule has 10 nitrogen and oxygen atoms in total. The minimum Gasteiger partial charge on any atom is -0.489 e. The van der Waals surface area contributed by atoms with Crippen LogP contribution in [0.25, 0.3) is 11.4 Å². The highest BCUT2D eigenvalue weighted by Crippen LogP contribution is 2.30. The number of nitrogens with zero attached hydrogens (tertiary/aromatic N) is 6. The van der Waals surface area contributed by atoms with Crippen LogP contribution in [0.1, 0.15) is 68.6 Å². The van der Waals surface area contributed by atoms with Gasteiger partial charge in [0.1, 0.15) is 11.4 Å². The zero-order valence-corrected chi connectivity index (χ0v) is 19.3. The Morgan fingerprint density at radius 2 is 2.06 bits per heavy atom. The van der Waals surface area contributed by atoms with Gasteiger partial charge < -0.3 is 14.3 Å². The van der Waals surface area contributed by atoms with Crippen molar-refractivity contribution >= 4 is 5.97 Å². The molecule has 0 radical (unpaired) electrons. The van der Waals surface area contributed by atoms with E-state index in [-0.39, 0.29) is 12.0 Å². The molecule has 10 heteroatoms. The van der Waals surface area contributed by atoms with Gasteiger partial charge in [0.15, 0.2) is 0 Å². The molecule has 1 aliphatic carbocycles. The van der Waals surface area contributed by atoms with Crippen molar-refractivity contribution in [3.05, 3.63) is 35.3 Å². The molecule has 3 heterocycles. The van der Waals surface area contributed by atoms with Gasteiger partial charge in [-0.05, 0) is 51.2 Å². The Hall–Kier alpha value is -3.30. The van der Waals surface area contributed by atoms with Crippen LogP contribution in [0.15, 0.2) is 16.5 Å². The molecule has 3 aromatic heterocycles. The van der Waals surface area contributed by atoms with Crippen molar-refractivity contribution < 1.29 is 19.1 Å². The van der Waals surface area contributed by atoms with Crippen molar-refractivity contribution in [2.45, 2.75) is 71.3 Å². The first-order valence-corrected chi connectivity index (χ1v) is 11.5. The summed E-state index contributed by atoms with van der Waals surface area (Å²) in [5.41, 5.74) is 2.89. The number of carboxylic acids is 1. The summed E-state index contributed by atoms with van der Waals surface area (Å²) in [7, 11) is 1.83. The molecule has 0 aromatic carbocycles. The molecule has 1 saturated carbocycles. The number of aliphatic carboxylic acids is 1. The summed E-state index contributed by atoms with van der Waals surface area (Å²) < 4.78 is 13.6. The number of carboxylic acid groups (broad SMARTS) is 1. The van der Waals surface area contributed by atoms with Crippen LogP contribution in [0.4, 0.5) is 0 Å². The predicted octanol–water partition coefficient (Wildman–Crippen LogP) is 3.52. The highest BCUT2D eigenvalue weighted by Gasteiger charge is 2.28. The fraction of sp³-hybridized carbons (Fsp3) is 0.565. The largest absolute Gasteiger partial charge is 0.489 e. The van der Waals surface area contributed by atoms with Crippen LogP contribution in [0.2, 0.25) is 0 Å². The summed E-state index contributed by atoms with van der Waals surface area (Å²) in [5, 5.41) is 26.1. The van der Waals surface area contributed by atoms with Crippen LogP contribution >= 0.6 is 0 Å². The summed E-state index contributed by atoms with van der Waals surface area (Å²) in [5.74, 6) is 0.743. The van der Waals surface area contributed by atoms with E-state index in [0.717, 1.165) is 43.5 Å². The fourth-order valence-electron chi connectivity index (χ4n) is 4.17. The van der Waals surface area contributed by atoms with Crippen LogP contribution < -0.4 is 4.74 Å². The summed E-state index contributed by atoms with van der Waals surface area (Å²) in [6.45, 7) is 4.00. The minimum absolute atomic E-state index is 0.113. The van der Waals surface area contributed by atoms with Gasteiger partial charge in [-0.3, -0.25) is 9.48 Å². The highest BCUT2D eigenvalue weighted by atomic mass is 16.5. The van der Waals surface area contributed by atoms with Crippen molar-refractivity contribution in [1.82, 2.24) is 30.2 Å². The molecule has 1 aliphatic rings. The van der Waals surface area contributed by atoms with E-state index in [1.165, 1.54) is 0 Å². The third-order valence-corrected chi connectivity index (χ3v) is 6.06. The lowest BCUT2D eigenvalue weighted by Gasteiger charge is -2.27. The number of aryl methyl sites for hydroxylation is 3. The maximum Gasteiger partial charge on any atom is 0.306 e. The SMILES string of the molecule is CCCCc1nnc(Cc2c(-c3ccc(O[C@H]4CCC[C@H](C(=O)O)C4)c(C)n3)nnn2C)o1. The average Bonchev–Trinajstić information content (AvgIpc) is 3.41. The summed E-state index contributed by atoms with van der Waals surface area (Å²) in [6.07, 6.45) is 6.09. The molecular formula is C23H30N6O4. The number of pyridine rings is 1. The van der Waals surface area contributed by atoms with Crippen molar-refractivity contribution in [1.29, 1.82) is 0 Å². The molecule has 33 heavy (non-hydrogen) atoms. The van der Waals surface area contributed by atoms with Gasteiger partial charge in [0, 0.05) is 13.5 Å². The Kier molecular flexibility index (Phi) is 7.00. The van der Waals surface area contributed by atoms with E-state index in [2.05, 4.69) is 27.4 Å². The van der Waals surface area contributed by atoms with Gasteiger partial charge in [0.05, 0.1) is 35.5 Å². The standard InChI is InChI=1S/C23H30N6O4/c1-4-5-9-20-25-26-21(33-20)13-18-22(27-28-29(18)3)17-10-11-19(14(2)24-17)32-16-8-6-7-15(12-16)23(30)31/h10-11,15-16H,4-9,12-13H2,1-3H3,(H,30,31)/t15-,16-/m0/s1. The Morgan fingerprint density at radius 3 is 2.82 bits per heavy atom. The summed E-state index contributed by atoms with van der Waals surface area (Å²) in [4.78, 5) is 16.0. The molecule has 1 N–H and O–H groups in total. The highest BCUT2D eigenvalue weighted by molar-refractivity contribution is 5.70. The number of aromatic nitrogens is 6. The number of ether oxygens (including phenoxy) is 1. The number of unbranched alkanes of at least 4 members (excludes halogenated alkanes) is 1. The topological polar surface area (TPSA) is 129 Å². The fourth-order valence-corrected chi connectivity index (χ4v) is 4.17. The van der Waals surface area contributed by atoms with Gasteiger partial charge in [-0.1, -0.05) is 18.6 Å². The van der Waals surface area contributed by atoms with Crippen molar-refractivity contribution in [2.24, 2.45) is 13.0 Å². The van der Waals surface area contributed by atoms with Crippen molar-refractivity contribution in [3.8, 4) is 17.1 Å². The van der Waals surface area contributed by atoms with Gasteiger partial charge in [0.2, 0.25) is 11.8 Å². The maximum absolute atomic E-state index is 11.3. The van der Waals surface area contributed by atoms with Crippen LogP contribution in [0.5, 0.6) is 5.75 Å². The maximum atomic E-state index is 11.3. The smallest absolute Gasteiger partial charge is 0.306 e. The molecular weight excluding hydrogens is 424 g/mol. The second kappa shape index (κ2) is 10.1. The van der Waals surface area contributed by atoms with E-state index in [9.17, 15) is 9.90 Å². The molecule has 0 amide bonds. The predicted molar refractivity (Wildman–Crippen MR) is 119 cm³/mol. The van der Waals surface area contributed by atoms with E-state index in [4.69, 9.17) is 14.1 Å². The van der Waals surface area contributed by atoms with Crippen LogP contribution in [0, 0.1) is 12.8 Å². The molecule has 4 rings (SSSR count). The molecule has 0 spiro atoms. The summed E-state index contributed by atoms with van der Waals surface area (Å²) >= 11 is 0. The second-order valence-corrected chi connectivity index (χ2v) is 8.60. The molecule has 2 atom stereocenters. The normalized spacial score (nSPS) is 18.4. The van der Waals surface area contributed by atoms with Gasteiger partial charge in [-0.25, -0.2) is 4.98 Å². The first-order chi connectivity index (χ1) is 15.9. The van der Waals surface area contributed by atoms with Crippen LogP contribution in [0.3, 0.4) is 0 Å². The van der Waals surface area contributed by atoms with Gasteiger partial charge >= 0.3 is 5.97 Å². The average molecular weight is 455 g/mol. The number of hydrogen-bond donors (Lipinski definition) is 1. The third kappa shape index (κ3) is 5.37. The minimum atomic E-state index is -0.748. The Morgan fingerprint density at radius 1 is 1.24 bits per heavy atom. The van der Waals surface area contributed by atoms with Gasteiger partial charge in [-0.2, -0.15) is 0 Å². The molecule has 0 bridgehead atoms. The Bertz CT molecular complexity index is 1110. The van der Waals surface area contributed by atoms with E-state index in [1.54, 1.807) is 4.68 Å². The number of rotatable bonds is 9. The molecule has 0 aliphatic heterocycles. The molecule has 0 saturated heterocycles.